The summed E-state index contributed by atoms with van der Waals surface area (Å²) in [4.78, 5) is 11.3. The van der Waals surface area contributed by atoms with Gasteiger partial charge < -0.3 is 20.0 Å². The lowest BCUT2D eigenvalue weighted by atomic mass is 9.98. The van der Waals surface area contributed by atoms with Gasteiger partial charge >= 0.3 is 5.97 Å². The summed E-state index contributed by atoms with van der Waals surface area (Å²) in [5.74, 6) is 0.0477. The van der Waals surface area contributed by atoms with Crippen molar-refractivity contribution >= 4 is 16.9 Å². The molecule has 0 amide bonds. The van der Waals surface area contributed by atoms with Crippen LogP contribution in [0.15, 0.2) is 71.3 Å². The number of carboxylic acids is 1. The summed E-state index contributed by atoms with van der Waals surface area (Å²) >= 11 is 0. The molecule has 0 fully saturated rings. The summed E-state index contributed by atoms with van der Waals surface area (Å²) in [7, 11) is 0. The van der Waals surface area contributed by atoms with E-state index in [9.17, 15) is 9.90 Å². The Balaban J connectivity index is 1.68. The molecule has 1 aromatic heterocycles. The third-order valence-corrected chi connectivity index (χ3v) is 5.58. The van der Waals surface area contributed by atoms with E-state index < -0.39 is 5.97 Å². The van der Waals surface area contributed by atoms with Crippen molar-refractivity contribution in [2.24, 2.45) is 5.73 Å². The number of ether oxygens (including phenoxy) is 1. The Labute approximate surface area is 187 Å². The molecule has 164 valence electrons. The van der Waals surface area contributed by atoms with Gasteiger partial charge in [-0.1, -0.05) is 44.2 Å². The molecule has 0 unspecified atom stereocenters. The fourth-order valence-corrected chi connectivity index (χ4v) is 3.84. The average molecular weight is 430 g/mol. The minimum atomic E-state index is -0.881. The van der Waals surface area contributed by atoms with E-state index in [1.807, 2.05) is 48.5 Å². The third kappa shape index (κ3) is 4.68. The number of carboxylic acid groups (broad SMARTS) is 1. The van der Waals surface area contributed by atoms with Gasteiger partial charge in [0.1, 0.15) is 17.9 Å². The number of hydrogen-bond acceptors (Lipinski definition) is 4. The highest BCUT2D eigenvalue weighted by molar-refractivity contribution is 5.93. The molecular weight excluding hydrogens is 402 g/mol. The first-order valence-electron chi connectivity index (χ1n) is 10.7. The van der Waals surface area contributed by atoms with E-state index in [4.69, 9.17) is 14.9 Å². The molecule has 0 aliphatic carbocycles. The number of hydrogen-bond donors (Lipinski definition) is 2. The molecule has 0 bridgehead atoms. The molecule has 0 saturated carbocycles. The molecule has 0 aliphatic rings. The quantitative estimate of drug-likeness (QED) is 0.365. The number of benzene rings is 3. The number of aliphatic carboxylic acids is 1. The molecule has 4 aromatic rings. The van der Waals surface area contributed by atoms with Crippen LogP contribution in [0.4, 0.5) is 0 Å². The highest BCUT2D eigenvalue weighted by atomic mass is 16.5. The van der Waals surface area contributed by atoms with E-state index in [1.54, 1.807) is 6.26 Å². The van der Waals surface area contributed by atoms with E-state index in [-0.39, 0.29) is 6.42 Å². The van der Waals surface area contributed by atoms with Gasteiger partial charge in [0, 0.05) is 23.1 Å². The van der Waals surface area contributed by atoms with Gasteiger partial charge in [0.05, 0.1) is 12.7 Å². The van der Waals surface area contributed by atoms with Crippen LogP contribution in [-0.2, 0) is 24.4 Å². The molecule has 4 rings (SSSR count). The Kier molecular flexibility index (Phi) is 6.28. The normalized spacial score (nSPS) is 11.2. The van der Waals surface area contributed by atoms with Crippen molar-refractivity contribution in [3.8, 4) is 16.9 Å². The Morgan fingerprint density at radius 1 is 1.06 bits per heavy atom. The Bertz CT molecular complexity index is 1260. The van der Waals surface area contributed by atoms with Crippen molar-refractivity contribution in [1.82, 2.24) is 0 Å². The molecule has 0 atom stereocenters. The van der Waals surface area contributed by atoms with E-state index in [2.05, 4.69) is 26.0 Å². The summed E-state index contributed by atoms with van der Waals surface area (Å²) in [6.07, 6.45) is 1.61. The largest absolute Gasteiger partial charge is 0.489 e. The molecule has 3 N–H and O–H groups in total. The number of fused-ring (bicyclic) bond motifs is 1. The molecule has 0 aliphatic heterocycles. The molecule has 0 radical (unpaired) electrons. The monoisotopic (exact) mass is 429 g/mol. The van der Waals surface area contributed by atoms with Crippen LogP contribution in [0.1, 0.15) is 42.0 Å². The van der Waals surface area contributed by atoms with Gasteiger partial charge in [-0.25, -0.2) is 0 Å². The predicted molar refractivity (Wildman–Crippen MR) is 126 cm³/mol. The lowest BCUT2D eigenvalue weighted by Crippen LogP contribution is -2.05. The van der Waals surface area contributed by atoms with Gasteiger partial charge in [-0.15, -0.1) is 0 Å². The van der Waals surface area contributed by atoms with Crippen molar-refractivity contribution in [2.75, 3.05) is 0 Å². The van der Waals surface area contributed by atoms with Crippen LogP contribution >= 0.6 is 0 Å². The second-order valence-electron chi connectivity index (χ2n) is 8.27. The summed E-state index contributed by atoms with van der Waals surface area (Å²) in [6.45, 7) is 4.99. The number of nitrogens with two attached hydrogens (primary N) is 1. The van der Waals surface area contributed by atoms with Crippen molar-refractivity contribution < 1.29 is 19.1 Å². The highest BCUT2D eigenvalue weighted by Crippen LogP contribution is 2.33. The number of rotatable bonds is 8. The van der Waals surface area contributed by atoms with Gasteiger partial charge in [-0.2, -0.15) is 0 Å². The van der Waals surface area contributed by atoms with Crippen molar-refractivity contribution in [3.63, 3.8) is 0 Å². The van der Waals surface area contributed by atoms with Gasteiger partial charge in [0.15, 0.2) is 0 Å². The minimum Gasteiger partial charge on any atom is -0.489 e. The summed E-state index contributed by atoms with van der Waals surface area (Å²) in [5.41, 5.74) is 12.5. The van der Waals surface area contributed by atoms with Crippen molar-refractivity contribution in [3.05, 3.63) is 89.2 Å². The van der Waals surface area contributed by atoms with Crippen LogP contribution in [0.2, 0.25) is 0 Å². The molecule has 3 aromatic carbocycles. The minimum absolute atomic E-state index is 0.0778. The summed E-state index contributed by atoms with van der Waals surface area (Å²) < 4.78 is 11.9. The lowest BCUT2D eigenvalue weighted by Gasteiger charge is -2.15. The average Bonchev–Trinajstić information content (AvgIpc) is 3.26. The smallest absolute Gasteiger partial charge is 0.307 e. The predicted octanol–water partition coefficient (Wildman–Crippen LogP) is 5.89. The van der Waals surface area contributed by atoms with E-state index in [1.165, 1.54) is 0 Å². The second-order valence-corrected chi connectivity index (χ2v) is 8.27. The Morgan fingerprint density at radius 3 is 2.66 bits per heavy atom. The zero-order chi connectivity index (χ0) is 22.7. The van der Waals surface area contributed by atoms with Crippen molar-refractivity contribution in [1.29, 1.82) is 0 Å². The molecule has 32 heavy (non-hydrogen) atoms. The van der Waals surface area contributed by atoms with Crippen LogP contribution < -0.4 is 10.5 Å². The lowest BCUT2D eigenvalue weighted by molar-refractivity contribution is -0.136. The van der Waals surface area contributed by atoms with Crippen molar-refractivity contribution in [2.45, 2.75) is 39.3 Å². The van der Waals surface area contributed by atoms with Gasteiger partial charge in [0.25, 0.3) is 0 Å². The first-order chi connectivity index (χ1) is 15.4. The maximum atomic E-state index is 11.3. The van der Waals surface area contributed by atoms with E-state index in [0.717, 1.165) is 38.8 Å². The Morgan fingerprint density at radius 2 is 1.91 bits per heavy atom. The fraction of sp³-hybridized carbons (Fsp3) is 0.222. The zero-order valence-electron chi connectivity index (χ0n) is 18.3. The SMILES string of the molecule is CC(C)c1ccc(CC(=O)O)c(OCc2cc(-c3cccc(CN)c3)c3occc3c2)c1. The number of carbonyl (C=O) groups is 1. The molecule has 1 heterocycles. The van der Waals surface area contributed by atoms with Crippen LogP contribution in [0.5, 0.6) is 5.75 Å². The maximum absolute atomic E-state index is 11.3. The fourth-order valence-electron chi connectivity index (χ4n) is 3.84. The van der Waals surface area contributed by atoms with Gasteiger partial charge in [0.2, 0.25) is 0 Å². The Hall–Kier alpha value is -3.57. The van der Waals surface area contributed by atoms with Gasteiger partial charge in [-0.05, 0) is 58.5 Å². The third-order valence-electron chi connectivity index (χ3n) is 5.58. The first kappa shape index (κ1) is 21.7. The molecular formula is C27H27NO4. The number of furan rings is 1. The summed E-state index contributed by atoms with van der Waals surface area (Å²) in [6, 6.07) is 19.9. The summed E-state index contributed by atoms with van der Waals surface area (Å²) in [5, 5.41) is 10.3. The van der Waals surface area contributed by atoms with Crippen LogP contribution in [-0.4, -0.2) is 11.1 Å². The van der Waals surface area contributed by atoms with E-state index >= 15 is 0 Å². The van der Waals surface area contributed by atoms with Crippen LogP contribution in [0.3, 0.4) is 0 Å². The molecule has 5 heteroatoms. The molecule has 5 nitrogen and oxygen atoms in total. The van der Waals surface area contributed by atoms with Gasteiger partial charge in [-0.3, -0.25) is 4.79 Å². The zero-order valence-corrected chi connectivity index (χ0v) is 18.3. The topological polar surface area (TPSA) is 85.7 Å². The maximum Gasteiger partial charge on any atom is 0.307 e. The van der Waals surface area contributed by atoms with Crippen LogP contribution in [0, 0.1) is 0 Å². The van der Waals surface area contributed by atoms with E-state index in [0.29, 0.717) is 30.4 Å². The molecule has 0 spiro atoms. The first-order valence-corrected chi connectivity index (χ1v) is 10.7. The second kappa shape index (κ2) is 9.28. The van der Waals surface area contributed by atoms with Crippen LogP contribution in [0.25, 0.3) is 22.1 Å². The highest BCUT2D eigenvalue weighted by Gasteiger charge is 2.14. The standard InChI is InChI=1S/C27H27NO4/c1-17(2)20-6-7-22(14-26(29)30)25(13-20)32-16-19-11-23-8-9-31-27(23)24(12-19)21-5-3-4-18(10-21)15-28/h3-13,17H,14-16,28H2,1-2H3,(H,29,30). The molecule has 0 saturated heterocycles.